The van der Waals surface area contributed by atoms with E-state index < -0.39 is 18.7 Å². The van der Waals surface area contributed by atoms with E-state index >= 15 is 0 Å². The summed E-state index contributed by atoms with van der Waals surface area (Å²) in [5.41, 5.74) is 0. The lowest BCUT2D eigenvalue weighted by Gasteiger charge is -2.26. The Hall–Kier alpha value is -0.920. The summed E-state index contributed by atoms with van der Waals surface area (Å²) in [7, 11) is 0. The molecule has 1 unspecified atom stereocenters. The molecule has 1 atom stereocenters. The van der Waals surface area contributed by atoms with Gasteiger partial charge in [0, 0.05) is 12.4 Å². The van der Waals surface area contributed by atoms with Crippen LogP contribution in [0.25, 0.3) is 0 Å². The van der Waals surface area contributed by atoms with Crippen molar-refractivity contribution >= 4 is 17.6 Å². The number of hydrogen-bond donors (Lipinski definition) is 2. The van der Waals surface area contributed by atoms with Crippen molar-refractivity contribution in [2.75, 3.05) is 32.1 Å². The number of hydrogen-bond acceptors (Lipinski definition) is 5. The van der Waals surface area contributed by atoms with Crippen LogP contribution < -0.4 is 0 Å². The van der Waals surface area contributed by atoms with Crippen LogP contribution in [0.1, 0.15) is 13.3 Å². The highest BCUT2D eigenvalue weighted by Gasteiger charge is 2.22. The fourth-order valence-corrected chi connectivity index (χ4v) is 1.42. The monoisotopic (exact) mass is 267 g/mol. The molecule has 2 N–H and O–H groups in total. The first-order valence-corrected chi connectivity index (χ1v) is 5.88. The van der Waals surface area contributed by atoms with Crippen LogP contribution in [-0.2, 0) is 0 Å². The smallest absolute Gasteiger partial charge is 0.343 e. The van der Waals surface area contributed by atoms with Crippen molar-refractivity contribution in [3.63, 3.8) is 0 Å². The van der Waals surface area contributed by atoms with E-state index in [9.17, 15) is 14.8 Å². The maximum absolute atomic E-state index is 11.8. The van der Waals surface area contributed by atoms with Crippen LogP contribution in [0.15, 0.2) is 5.29 Å². The van der Waals surface area contributed by atoms with Crippen molar-refractivity contribution in [2.45, 2.75) is 19.4 Å². The second-order valence-corrected chi connectivity index (χ2v) is 3.84. The highest BCUT2D eigenvalue weighted by atomic mass is 35.5. The average molecular weight is 268 g/mol. The fraction of sp³-hybridized carbons (Fsp3) is 0.889. The van der Waals surface area contributed by atoms with E-state index in [1.54, 1.807) is 0 Å². The van der Waals surface area contributed by atoms with Gasteiger partial charge in [0.15, 0.2) is 0 Å². The van der Waals surface area contributed by atoms with Crippen LogP contribution in [0.5, 0.6) is 0 Å². The fourth-order valence-electron chi connectivity index (χ4n) is 1.26. The van der Waals surface area contributed by atoms with Gasteiger partial charge in [0.25, 0.3) is 0 Å². The Labute approximate surface area is 105 Å². The first kappa shape index (κ1) is 16.1. The highest BCUT2D eigenvalue weighted by molar-refractivity contribution is 6.18. The number of aliphatic hydroxyl groups excluding tert-OH is 2. The summed E-state index contributed by atoms with van der Waals surface area (Å²) in [5.74, 6) is 0.0972. The number of urea groups is 1. The number of carbonyl (C=O) groups is 1. The third-order valence-corrected chi connectivity index (χ3v) is 2.19. The molecule has 0 aromatic heterocycles. The number of amides is 2. The lowest BCUT2D eigenvalue weighted by atomic mass is 10.3. The minimum Gasteiger partial charge on any atom is -0.394 e. The lowest BCUT2D eigenvalue weighted by Crippen LogP contribution is -2.45. The zero-order chi connectivity index (χ0) is 13.3. The van der Waals surface area contributed by atoms with Gasteiger partial charge in [-0.3, -0.25) is 0 Å². The van der Waals surface area contributed by atoms with Gasteiger partial charge in [-0.05, 0) is 6.42 Å². The van der Waals surface area contributed by atoms with E-state index in [4.69, 9.17) is 16.7 Å². The molecule has 0 aliphatic carbocycles. The third kappa shape index (κ3) is 5.81. The summed E-state index contributed by atoms with van der Waals surface area (Å²) in [6.45, 7) is 1.74. The number of rotatable bonds is 8. The zero-order valence-electron chi connectivity index (χ0n) is 9.75. The molecule has 0 aliphatic heterocycles. The molecule has 0 spiro atoms. The molecule has 0 aliphatic rings. The summed E-state index contributed by atoms with van der Waals surface area (Å²) in [5, 5.41) is 21.3. The molecule has 0 bridgehead atoms. The Morgan fingerprint density at radius 1 is 1.47 bits per heavy atom. The predicted molar refractivity (Wildman–Crippen MR) is 63.6 cm³/mol. The average Bonchev–Trinajstić information content (AvgIpc) is 2.34. The van der Waals surface area contributed by atoms with Crippen LogP contribution in [0.4, 0.5) is 4.79 Å². The minimum atomic E-state index is -1.03. The Morgan fingerprint density at radius 2 is 2.12 bits per heavy atom. The number of nitroso groups, excluding NO2 is 1. The molecule has 0 saturated heterocycles. The molecule has 0 radical (unpaired) electrons. The number of aliphatic hydroxyl groups is 2. The Morgan fingerprint density at radius 3 is 2.53 bits per heavy atom. The van der Waals surface area contributed by atoms with Crippen LogP contribution >= 0.6 is 11.6 Å². The molecule has 7 nitrogen and oxygen atoms in total. The van der Waals surface area contributed by atoms with Gasteiger partial charge in [-0.2, -0.15) is 5.01 Å². The molecule has 0 saturated carbocycles. The second-order valence-electron chi connectivity index (χ2n) is 3.46. The molecule has 8 heteroatoms. The molecule has 0 aromatic rings. The lowest BCUT2D eigenvalue weighted by molar-refractivity contribution is 0.0610. The van der Waals surface area contributed by atoms with Crippen molar-refractivity contribution in [1.29, 1.82) is 0 Å². The van der Waals surface area contributed by atoms with E-state index in [1.165, 1.54) is 4.90 Å². The van der Waals surface area contributed by atoms with Crippen LogP contribution in [0.2, 0.25) is 0 Å². The summed E-state index contributed by atoms with van der Waals surface area (Å²) in [6.07, 6.45) is -0.368. The van der Waals surface area contributed by atoms with Crippen molar-refractivity contribution < 1.29 is 15.0 Å². The van der Waals surface area contributed by atoms with Gasteiger partial charge in [0.05, 0.1) is 31.1 Å². The van der Waals surface area contributed by atoms with E-state index in [0.717, 1.165) is 0 Å². The molecule has 0 rings (SSSR count). The highest BCUT2D eigenvalue weighted by Crippen LogP contribution is 2.03. The largest absolute Gasteiger partial charge is 0.394 e. The Balaban J connectivity index is 4.54. The quantitative estimate of drug-likeness (QED) is 0.378. The summed E-state index contributed by atoms with van der Waals surface area (Å²) >= 11 is 5.43. The van der Waals surface area contributed by atoms with Crippen molar-refractivity contribution in [1.82, 2.24) is 9.91 Å². The Kier molecular flexibility index (Phi) is 8.65. The van der Waals surface area contributed by atoms with Gasteiger partial charge >= 0.3 is 6.03 Å². The van der Waals surface area contributed by atoms with E-state index in [-0.39, 0.29) is 19.0 Å². The summed E-state index contributed by atoms with van der Waals surface area (Å²) < 4.78 is 0. The molecule has 100 valence electrons. The van der Waals surface area contributed by atoms with Crippen molar-refractivity contribution in [3.05, 3.63) is 4.91 Å². The maximum Gasteiger partial charge on any atom is 0.343 e. The van der Waals surface area contributed by atoms with Crippen LogP contribution in [0, 0.1) is 4.91 Å². The molecule has 0 fully saturated rings. The zero-order valence-corrected chi connectivity index (χ0v) is 10.5. The first-order valence-electron chi connectivity index (χ1n) is 5.35. The van der Waals surface area contributed by atoms with E-state index in [0.29, 0.717) is 18.0 Å². The van der Waals surface area contributed by atoms with Crippen molar-refractivity contribution in [3.8, 4) is 0 Å². The summed E-state index contributed by atoms with van der Waals surface area (Å²) in [6, 6.07) is -0.616. The first-order chi connectivity index (χ1) is 8.10. The normalized spacial score (nSPS) is 12.0. The van der Waals surface area contributed by atoms with E-state index in [1.807, 2.05) is 6.92 Å². The molecular formula is C9H18ClN3O4. The topological polar surface area (TPSA) is 93.4 Å². The SMILES string of the molecule is CCCN(CC(O)CO)C(=O)N(CCCl)N=O. The number of carbonyl (C=O) groups excluding carboxylic acids is 1. The van der Waals surface area contributed by atoms with Crippen molar-refractivity contribution in [2.24, 2.45) is 5.29 Å². The molecule has 0 aromatic carbocycles. The standard InChI is InChI=1S/C9H18ClN3O4/c1-2-4-12(6-8(15)7-14)9(16)13(11-17)5-3-10/h8,14-15H,2-7H2,1H3. The van der Waals surface area contributed by atoms with Crippen LogP contribution in [0.3, 0.4) is 0 Å². The maximum atomic E-state index is 11.8. The minimum absolute atomic E-state index is 0.0132. The molecule has 17 heavy (non-hydrogen) atoms. The summed E-state index contributed by atoms with van der Waals surface area (Å²) in [4.78, 5) is 23.5. The number of alkyl halides is 1. The predicted octanol–water partition coefficient (Wildman–Crippen LogP) is 0.394. The van der Waals surface area contributed by atoms with Crippen LogP contribution in [-0.4, -0.2) is 64.4 Å². The second kappa shape index (κ2) is 9.15. The third-order valence-electron chi connectivity index (χ3n) is 2.02. The Bertz CT molecular complexity index is 242. The number of nitrogens with zero attached hydrogens (tertiary/aromatic N) is 3. The van der Waals surface area contributed by atoms with Gasteiger partial charge < -0.3 is 15.1 Å². The van der Waals surface area contributed by atoms with Gasteiger partial charge in [-0.25, -0.2) is 4.79 Å². The van der Waals surface area contributed by atoms with Gasteiger partial charge in [-0.1, -0.05) is 6.92 Å². The van der Waals surface area contributed by atoms with E-state index in [2.05, 4.69) is 5.29 Å². The number of halogens is 1. The van der Waals surface area contributed by atoms with Gasteiger partial charge in [0.2, 0.25) is 0 Å². The van der Waals surface area contributed by atoms with Gasteiger partial charge in [-0.15, -0.1) is 16.5 Å². The van der Waals surface area contributed by atoms with Gasteiger partial charge in [0.1, 0.15) is 0 Å². The molecule has 0 heterocycles. The molecule has 2 amide bonds. The molecular weight excluding hydrogens is 250 g/mol.